The number of carboxylic acid groups (broad SMARTS) is 1. The molecule has 1 aromatic carbocycles. The fourth-order valence-electron chi connectivity index (χ4n) is 1.80. The Morgan fingerprint density at radius 1 is 1.37 bits per heavy atom. The molecule has 0 saturated heterocycles. The number of aromatic nitrogens is 1. The summed E-state index contributed by atoms with van der Waals surface area (Å²) < 4.78 is 0. The quantitative estimate of drug-likeness (QED) is 0.778. The third-order valence-corrected chi connectivity index (χ3v) is 2.74. The van der Waals surface area contributed by atoms with Crippen LogP contribution in [0.3, 0.4) is 0 Å². The summed E-state index contributed by atoms with van der Waals surface area (Å²) in [4.78, 5) is 25.5. The Morgan fingerprint density at radius 2 is 2.16 bits per heavy atom. The number of hydrogen-bond donors (Lipinski definition) is 3. The zero-order valence-corrected chi connectivity index (χ0v) is 10.1. The van der Waals surface area contributed by atoms with Gasteiger partial charge in [-0.05, 0) is 24.1 Å². The Morgan fingerprint density at radius 3 is 2.84 bits per heavy atom. The van der Waals surface area contributed by atoms with Crippen molar-refractivity contribution in [2.45, 2.75) is 6.42 Å². The van der Waals surface area contributed by atoms with Gasteiger partial charge >= 0.3 is 5.97 Å². The Bertz CT molecular complexity index is 700. The van der Waals surface area contributed by atoms with E-state index < -0.39 is 11.4 Å². The van der Waals surface area contributed by atoms with Gasteiger partial charge in [0.25, 0.3) is 0 Å². The normalized spacial score (nSPS) is 11.2. The van der Waals surface area contributed by atoms with Crippen molar-refractivity contribution in [1.29, 1.82) is 0 Å². The standard InChI is InChI=1S/C14H13NO4/c16-6-2-1-3-9-4-5-10-12(7-9)15-8-11(13(10)17)14(18)19/h1,3-5,7-8,16H,2,6H2,(H,15,17)(H,18,19). The molecule has 3 N–H and O–H groups in total. The summed E-state index contributed by atoms with van der Waals surface area (Å²) in [7, 11) is 0. The molecule has 98 valence electrons. The smallest absolute Gasteiger partial charge is 0.341 e. The minimum atomic E-state index is -1.24. The number of carboxylic acids is 1. The van der Waals surface area contributed by atoms with Gasteiger partial charge < -0.3 is 15.2 Å². The van der Waals surface area contributed by atoms with Gasteiger partial charge in [-0.15, -0.1) is 0 Å². The Hall–Kier alpha value is -2.40. The third kappa shape index (κ3) is 2.71. The van der Waals surface area contributed by atoms with Crippen LogP contribution < -0.4 is 5.43 Å². The fraction of sp³-hybridized carbons (Fsp3) is 0.143. The topological polar surface area (TPSA) is 90.4 Å². The maximum atomic E-state index is 11.9. The lowest BCUT2D eigenvalue weighted by Gasteiger charge is -2.01. The molecule has 0 unspecified atom stereocenters. The van der Waals surface area contributed by atoms with Crippen molar-refractivity contribution in [3.63, 3.8) is 0 Å². The third-order valence-electron chi connectivity index (χ3n) is 2.74. The minimum Gasteiger partial charge on any atom is -0.477 e. The second-order valence-electron chi connectivity index (χ2n) is 4.06. The van der Waals surface area contributed by atoms with Gasteiger partial charge in [-0.1, -0.05) is 18.2 Å². The van der Waals surface area contributed by atoms with Crippen LogP contribution in [0.2, 0.25) is 0 Å². The van der Waals surface area contributed by atoms with Crippen molar-refractivity contribution in [2.75, 3.05) is 6.61 Å². The molecule has 1 heterocycles. The predicted octanol–water partition coefficient (Wildman–Crippen LogP) is 1.62. The predicted molar refractivity (Wildman–Crippen MR) is 72.3 cm³/mol. The van der Waals surface area contributed by atoms with Crippen LogP contribution in [0.5, 0.6) is 0 Å². The van der Waals surface area contributed by atoms with Crippen LogP contribution in [0.15, 0.2) is 35.3 Å². The van der Waals surface area contributed by atoms with Gasteiger partial charge in [0.15, 0.2) is 0 Å². The molecule has 1 aromatic heterocycles. The molecule has 0 atom stereocenters. The Kier molecular flexibility index (Phi) is 3.77. The molecule has 2 aromatic rings. The molecule has 5 heteroatoms. The molecule has 0 radical (unpaired) electrons. The number of rotatable bonds is 4. The van der Waals surface area contributed by atoms with Crippen molar-refractivity contribution in [3.8, 4) is 0 Å². The van der Waals surface area contributed by atoms with Crippen molar-refractivity contribution in [3.05, 3.63) is 51.8 Å². The van der Waals surface area contributed by atoms with Crippen LogP contribution in [-0.4, -0.2) is 27.8 Å². The molecule has 5 nitrogen and oxygen atoms in total. The Balaban J connectivity index is 2.49. The second kappa shape index (κ2) is 5.49. The molecular formula is C14H13NO4. The monoisotopic (exact) mass is 259 g/mol. The van der Waals surface area contributed by atoms with Crippen molar-refractivity contribution >= 4 is 22.9 Å². The molecule has 0 aliphatic rings. The summed E-state index contributed by atoms with van der Waals surface area (Å²) >= 11 is 0. The molecule has 0 aliphatic carbocycles. The number of aliphatic hydroxyl groups excluding tert-OH is 1. The lowest BCUT2D eigenvalue weighted by Crippen LogP contribution is -2.15. The molecule has 0 fully saturated rings. The van der Waals surface area contributed by atoms with Crippen LogP contribution in [0.25, 0.3) is 17.0 Å². The summed E-state index contributed by atoms with van der Waals surface area (Å²) in [5.74, 6) is -1.24. The van der Waals surface area contributed by atoms with Crippen molar-refractivity contribution in [1.82, 2.24) is 4.98 Å². The van der Waals surface area contributed by atoms with Crippen LogP contribution in [0.4, 0.5) is 0 Å². The largest absolute Gasteiger partial charge is 0.477 e. The molecule has 19 heavy (non-hydrogen) atoms. The van der Waals surface area contributed by atoms with Crippen LogP contribution in [-0.2, 0) is 0 Å². The van der Waals surface area contributed by atoms with E-state index in [9.17, 15) is 9.59 Å². The first-order valence-corrected chi connectivity index (χ1v) is 5.79. The van der Waals surface area contributed by atoms with E-state index in [-0.39, 0.29) is 12.2 Å². The average molecular weight is 259 g/mol. The number of pyridine rings is 1. The number of benzene rings is 1. The van der Waals surface area contributed by atoms with Crippen molar-refractivity contribution < 1.29 is 15.0 Å². The highest BCUT2D eigenvalue weighted by Crippen LogP contribution is 2.12. The molecule has 0 saturated carbocycles. The zero-order chi connectivity index (χ0) is 13.8. The average Bonchev–Trinajstić information content (AvgIpc) is 2.39. The summed E-state index contributed by atoms with van der Waals surface area (Å²) in [5, 5.41) is 17.9. The molecule has 0 spiro atoms. The number of H-pyrrole nitrogens is 1. The van der Waals surface area contributed by atoms with E-state index in [1.54, 1.807) is 18.2 Å². The SMILES string of the molecule is O=C(O)c1c[nH]c2cc(C=CCCO)ccc2c1=O. The van der Waals surface area contributed by atoms with E-state index in [2.05, 4.69) is 4.98 Å². The van der Waals surface area contributed by atoms with E-state index in [4.69, 9.17) is 10.2 Å². The lowest BCUT2D eigenvalue weighted by molar-refractivity contribution is 0.0695. The maximum Gasteiger partial charge on any atom is 0.341 e. The number of aromatic amines is 1. The second-order valence-corrected chi connectivity index (χ2v) is 4.06. The number of fused-ring (bicyclic) bond motifs is 1. The highest BCUT2D eigenvalue weighted by molar-refractivity contribution is 5.92. The number of hydrogen-bond acceptors (Lipinski definition) is 3. The highest BCUT2D eigenvalue weighted by Gasteiger charge is 2.10. The van der Waals surface area contributed by atoms with Crippen LogP contribution in [0.1, 0.15) is 22.3 Å². The van der Waals surface area contributed by atoms with Gasteiger partial charge in [-0.3, -0.25) is 4.79 Å². The number of aromatic carboxylic acids is 1. The number of carbonyl (C=O) groups is 1. The van der Waals surface area contributed by atoms with Gasteiger partial charge in [-0.2, -0.15) is 0 Å². The molecule has 0 bridgehead atoms. The van der Waals surface area contributed by atoms with E-state index in [1.807, 2.05) is 12.2 Å². The number of nitrogens with one attached hydrogen (secondary N) is 1. The van der Waals surface area contributed by atoms with Gasteiger partial charge in [0, 0.05) is 23.7 Å². The molecule has 0 aliphatic heterocycles. The maximum absolute atomic E-state index is 11.9. The highest BCUT2D eigenvalue weighted by atomic mass is 16.4. The van der Waals surface area contributed by atoms with E-state index in [0.29, 0.717) is 17.3 Å². The van der Waals surface area contributed by atoms with Gasteiger partial charge in [0.1, 0.15) is 5.56 Å². The first kappa shape index (κ1) is 13.0. The molecular weight excluding hydrogens is 246 g/mol. The first-order chi connectivity index (χ1) is 9.13. The zero-order valence-electron chi connectivity index (χ0n) is 10.1. The van der Waals surface area contributed by atoms with Crippen LogP contribution >= 0.6 is 0 Å². The Labute approximate surface area is 108 Å². The summed E-state index contributed by atoms with van der Waals surface area (Å²) in [6.45, 7) is 0.0862. The summed E-state index contributed by atoms with van der Waals surface area (Å²) in [6.07, 6.45) is 5.42. The molecule has 0 amide bonds. The number of aliphatic hydroxyl groups is 1. The molecule has 2 rings (SSSR count). The van der Waals surface area contributed by atoms with Gasteiger partial charge in [-0.25, -0.2) is 4.79 Å². The minimum absolute atomic E-state index is 0.0862. The lowest BCUT2D eigenvalue weighted by atomic mass is 10.1. The van der Waals surface area contributed by atoms with E-state index in [0.717, 1.165) is 5.56 Å². The van der Waals surface area contributed by atoms with Crippen molar-refractivity contribution in [2.24, 2.45) is 0 Å². The summed E-state index contributed by atoms with van der Waals surface area (Å²) in [6, 6.07) is 5.09. The first-order valence-electron chi connectivity index (χ1n) is 5.79. The van der Waals surface area contributed by atoms with Gasteiger partial charge in [0.2, 0.25) is 5.43 Å². The summed E-state index contributed by atoms with van der Waals surface area (Å²) in [5.41, 5.74) is 0.698. The van der Waals surface area contributed by atoms with E-state index >= 15 is 0 Å². The van der Waals surface area contributed by atoms with E-state index in [1.165, 1.54) is 6.20 Å². The van der Waals surface area contributed by atoms with Crippen LogP contribution in [0, 0.1) is 0 Å². The van der Waals surface area contributed by atoms with Gasteiger partial charge in [0.05, 0.1) is 0 Å². The fourth-order valence-corrected chi connectivity index (χ4v) is 1.80.